The SMILES string of the molecule is COc1cc(/C=N/Nc2nc(N3CCCCC3)nc(N3CCCCC3)n2)ccc1OC(=O)c1cc([N+](=O)[O-])c(C)c([N+](=O)[O-])c1. The molecule has 2 aliphatic rings. The van der Waals surface area contributed by atoms with E-state index in [1.165, 1.54) is 39.2 Å². The number of nitrogens with zero attached hydrogens (tertiary/aromatic N) is 8. The van der Waals surface area contributed by atoms with Gasteiger partial charge < -0.3 is 19.3 Å². The van der Waals surface area contributed by atoms with Gasteiger partial charge in [-0.3, -0.25) is 20.2 Å². The van der Waals surface area contributed by atoms with Crippen molar-refractivity contribution < 1.29 is 24.1 Å². The molecule has 45 heavy (non-hydrogen) atoms. The third-order valence-electron chi connectivity index (χ3n) is 7.64. The smallest absolute Gasteiger partial charge is 0.344 e. The van der Waals surface area contributed by atoms with E-state index in [0.29, 0.717) is 23.4 Å². The highest BCUT2D eigenvalue weighted by molar-refractivity contribution is 5.93. The van der Waals surface area contributed by atoms with Crippen LogP contribution in [0.15, 0.2) is 35.4 Å². The summed E-state index contributed by atoms with van der Waals surface area (Å²) in [6, 6.07) is 6.53. The second kappa shape index (κ2) is 13.9. The van der Waals surface area contributed by atoms with Crippen LogP contribution in [0.3, 0.4) is 0 Å². The molecule has 2 aliphatic heterocycles. The van der Waals surface area contributed by atoms with Crippen molar-refractivity contribution >= 4 is 41.4 Å². The van der Waals surface area contributed by atoms with E-state index in [-0.39, 0.29) is 22.6 Å². The minimum Gasteiger partial charge on any atom is -0.493 e. The number of hydrogen-bond acceptors (Lipinski definition) is 14. The van der Waals surface area contributed by atoms with Crippen molar-refractivity contribution in [3.63, 3.8) is 0 Å². The molecule has 2 fully saturated rings. The Morgan fingerprint density at radius 3 is 1.93 bits per heavy atom. The Labute approximate surface area is 258 Å². The molecule has 16 heteroatoms. The number of rotatable bonds is 10. The Morgan fingerprint density at radius 2 is 1.42 bits per heavy atom. The van der Waals surface area contributed by atoms with E-state index in [0.717, 1.165) is 64.0 Å². The summed E-state index contributed by atoms with van der Waals surface area (Å²) in [5.74, 6) is 0.726. The van der Waals surface area contributed by atoms with Gasteiger partial charge in [-0.25, -0.2) is 10.2 Å². The molecule has 1 aromatic heterocycles. The lowest BCUT2D eigenvalue weighted by molar-refractivity contribution is -0.395. The summed E-state index contributed by atoms with van der Waals surface area (Å²) in [6.45, 7) is 4.80. The number of nitrogens with one attached hydrogen (secondary N) is 1. The molecule has 0 atom stereocenters. The number of methoxy groups -OCH3 is 1. The van der Waals surface area contributed by atoms with Gasteiger partial charge in [0.1, 0.15) is 5.56 Å². The Kier molecular flexibility index (Phi) is 9.60. The van der Waals surface area contributed by atoms with Gasteiger partial charge in [-0.2, -0.15) is 20.1 Å². The van der Waals surface area contributed by atoms with Gasteiger partial charge in [0.25, 0.3) is 11.4 Å². The van der Waals surface area contributed by atoms with Crippen LogP contribution in [0.5, 0.6) is 11.5 Å². The summed E-state index contributed by atoms with van der Waals surface area (Å²) in [7, 11) is 1.38. The minimum atomic E-state index is -1.02. The molecule has 2 saturated heterocycles. The van der Waals surface area contributed by atoms with E-state index < -0.39 is 27.2 Å². The van der Waals surface area contributed by atoms with Gasteiger partial charge in [0.15, 0.2) is 11.5 Å². The number of anilines is 3. The molecule has 236 valence electrons. The van der Waals surface area contributed by atoms with Crippen LogP contribution in [0.25, 0.3) is 0 Å². The number of ether oxygens (including phenoxy) is 2. The largest absolute Gasteiger partial charge is 0.493 e. The average molecular weight is 620 g/mol. The number of nitro groups is 2. The van der Waals surface area contributed by atoms with Crippen LogP contribution < -0.4 is 24.7 Å². The van der Waals surface area contributed by atoms with E-state index in [2.05, 4.69) is 30.3 Å². The molecule has 0 saturated carbocycles. The summed E-state index contributed by atoms with van der Waals surface area (Å²) in [6.07, 6.45) is 8.25. The molecule has 0 radical (unpaired) electrons. The van der Waals surface area contributed by atoms with Crippen LogP contribution in [-0.4, -0.2) is 70.3 Å². The van der Waals surface area contributed by atoms with Gasteiger partial charge in [-0.1, -0.05) is 0 Å². The van der Waals surface area contributed by atoms with Crippen molar-refractivity contribution in [2.24, 2.45) is 5.10 Å². The molecular weight excluding hydrogens is 586 g/mol. The van der Waals surface area contributed by atoms with E-state index in [1.54, 1.807) is 12.1 Å². The van der Waals surface area contributed by atoms with E-state index >= 15 is 0 Å². The molecule has 3 heterocycles. The zero-order chi connectivity index (χ0) is 31.9. The Hall–Kier alpha value is -5.41. The van der Waals surface area contributed by atoms with Gasteiger partial charge in [0.05, 0.1) is 28.7 Å². The van der Waals surface area contributed by atoms with Gasteiger partial charge >= 0.3 is 5.97 Å². The summed E-state index contributed by atoms with van der Waals surface area (Å²) in [5, 5.41) is 27.1. The van der Waals surface area contributed by atoms with Crippen LogP contribution in [0.4, 0.5) is 29.2 Å². The molecule has 3 aromatic rings. The third kappa shape index (κ3) is 7.39. The van der Waals surface area contributed by atoms with Gasteiger partial charge in [-0.05, 0) is 69.2 Å². The standard InChI is InChI=1S/C29H33N9O7/c1-19-22(37(40)41)16-21(17-23(19)38(42)43)26(39)45-24-10-9-20(15-25(24)44-2)18-30-34-27-31-28(35-11-5-3-6-12-35)33-29(32-27)36-13-7-4-8-14-36/h9-10,15-18H,3-8,11-14H2,1-2H3,(H,31,32,33,34)/b30-18+. The van der Waals surface area contributed by atoms with Crippen LogP contribution in [0.1, 0.15) is 60.0 Å². The van der Waals surface area contributed by atoms with Crippen molar-refractivity contribution in [1.82, 2.24) is 15.0 Å². The third-order valence-corrected chi connectivity index (χ3v) is 7.64. The first-order valence-electron chi connectivity index (χ1n) is 14.6. The van der Waals surface area contributed by atoms with Crippen LogP contribution in [0.2, 0.25) is 0 Å². The van der Waals surface area contributed by atoms with E-state index in [9.17, 15) is 25.0 Å². The van der Waals surface area contributed by atoms with Gasteiger partial charge in [-0.15, -0.1) is 0 Å². The number of hydrazone groups is 1. The maximum atomic E-state index is 12.9. The average Bonchev–Trinajstić information content (AvgIpc) is 3.05. The predicted molar refractivity (Wildman–Crippen MR) is 166 cm³/mol. The second-order valence-corrected chi connectivity index (χ2v) is 10.7. The fourth-order valence-corrected chi connectivity index (χ4v) is 5.23. The fraction of sp³-hybridized carbons (Fsp3) is 0.414. The number of nitro benzene ring substituents is 2. The summed E-state index contributed by atoms with van der Waals surface area (Å²) >= 11 is 0. The number of piperidine rings is 2. The molecule has 16 nitrogen and oxygen atoms in total. The number of aromatic nitrogens is 3. The quantitative estimate of drug-likeness (QED) is 0.108. The monoisotopic (exact) mass is 619 g/mol. The normalized spacial score (nSPS) is 15.2. The van der Waals surface area contributed by atoms with Gasteiger partial charge in [0, 0.05) is 38.3 Å². The predicted octanol–water partition coefficient (Wildman–Crippen LogP) is 4.65. The summed E-state index contributed by atoms with van der Waals surface area (Å²) < 4.78 is 10.8. The zero-order valence-electron chi connectivity index (χ0n) is 25.0. The van der Waals surface area contributed by atoms with E-state index in [1.807, 2.05) is 0 Å². The molecule has 0 spiro atoms. The number of carbonyl (C=O) groups excluding carboxylic acids is 1. The fourth-order valence-electron chi connectivity index (χ4n) is 5.23. The van der Waals surface area contributed by atoms with Crippen molar-refractivity contribution in [1.29, 1.82) is 0 Å². The highest BCUT2D eigenvalue weighted by Gasteiger charge is 2.27. The molecule has 0 amide bonds. The first kappa shape index (κ1) is 31.0. The Bertz CT molecular complexity index is 1550. The van der Waals surface area contributed by atoms with Crippen LogP contribution >= 0.6 is 0 Å². The molecular formula is C29H33N9O7. The van der Waals surface area contributed by atoms with Gasteiger partial charge in [0.2, 0.25) is 17.8 Å². The minimum absolute atomic E-state index is 0.00769. The molecule has 1 N–H and O–H groups in total. The molecule has 2 aromatic carbocycles. The van der Waals surface area contributed by atoms with Crippen LogP contribution in [0, 0.1) is 27.2 Å². The van der Waals surface area contributed by atoms with Crippen LogP contribution in [-0.2, 0) is 0 Å². The lowest BCUT2D eigenvalue weighted by atomic mass is 10.1. The summed E-state index contributed by atoms with van der Waals surface area (Å²) in [4.78, 5) is 52.4. The number of esters is 1. The Morgan fingerprint density at radius 1 is 0.867 bits per heavy atom. The summed E-state index contributed by atoms with van der Waals surface area (Å²) in [5.41, 5.74) is 1.85. The van der Waals surface area contributed by atoms with E-state index in [4.69, 9.17) is 14.5 Å². The highest BCUT2D eigenvalue weighted by Crippen LogP contribution is 2.32. The topological polar surface area (TPSA) is 191 Å². The maximum Gasteiger partial charge on any atom is 0.344 e. The second-order valence-electron chi connectivity index (χ2n) is 10.7. The highest BCUT2D eigenvalue weighted by atomic mass is 16.6. The Balaban J connectivity index is 1.32. The zero-order valence-corrected chi connectivity index (χ0v) is 25.0. The first-order valence-corrected chi connectivity index (χ1v) is 14.6. The first-order chi connectivity index (χ1) is 21.7. The number of carbonyl (C=O) groups is 1. The van der Waals surface area contributed by atoms with Crippen molar-refractivity contribution in [2.45, 2.75) is 45.4 Å². The lowest BCUT2D eigenvalue weighted by Crippen LogP contribution is -2.34. The maximum absolute atomic E-state index is 12.9. The molecule has 5 rings (SSSR count). The molecule has 0 bridgehead atoms. The molecule has 0 aliphatic carbocycles. The number of hydrogen-bond donors (Lipinski definition) is 1. The number of benzene rings is 2. The lowest BCUT2D eigenvalue weighted by Gasteiger charge is -2.30. The van der Waals surface area contributed by atoms with Crippen molar-refractivity contribution in [2.75, 3.05) is 48.5 Å². The van der Waals surface area contributed by atoms with Crippen molar-refractivity contribution in [3.8, 4) is 11.5 Å². The molecule has 0 unspecified atom stereocenters. The van der Waals surface area contributed by atoms with Crippen molar-refractivity contribution in [3.05, 3.63) is 67.3 Å².